The van der Waals surface area contributed by atoms with Crippen LogP contribution in [-0.2, 0) is 19.9 Å². The number of anilines is 1. The molecule has 4 N–H and O–H groups in total. The third-order valence-electron chi connectivity index (χ3n) is 4.86. The van der Waals surface area contributed by atoms with E-state index in [2.05, 4.69) is 15.7 Å². The Morgan fingerprint density at radius 3 is 2.63 bits per heavy atom. The van der Waals surface area contributed by atoms with Crippen molar-refractivity contribution in [1.29, 1.82) is 0 Å². The van der Waals surface area contributed by atoms with E-state index in [0.717, 1.165) is 49.0 Å². The van der Waals surface area contributed by atoms with Crippen molar-refractivity contribution in [2.24, 2.45) is 12.8 Å². The summed E-state index contributed by atoms with van der Waals surface area (Å²) in [5.74, 6) is -0.122. The molecule has 27 heavy (non-hydrogen) atoms. The summed E-state index contributed by atoms with van der Waals surface area (Å²) in [7, 11) is 1.89. The van der Waals surface area contributed by atoms with Gasteiger partial charge in [0.05, 0.1) is 11.9 Å². The summed E-state index contributed by atoms with van der Waals surface area (Å²) in [6, 6.07) is 1.41. The Balaban J connectivity index is 1.70. The molecule has 3 rings (SSSR count). The van der Waals surface area contributed by atoms with Gasteiger partial charge in [0.15, 0.2) is 0 Å². The molecule has 1 saturated carbocycles. The van der Waals surface area contributed by atoms with Crippen LogP contribution in [0, 0.1) is 0 Å². The second kappa shape index (κ2) is 9.03. The summed E-state index contributed by atoms with van der Waals surface area (Å²) >= 11 is 1.42. The lowest BCUT2D eigenvalue weighted by atomic mass is 10.1. The largest absolute Gasteiger partial charge is 0.351 e. The molecule has 0 radical (unpaired) electrons. The van der Waals surface area contributed by atoms with Crippen molar-refractivity contribution in [3.63, 3.8) is 0 Å². The van der Waals surface area contributed by atoms with Crippen molar-refractivity contribution in [1.82, 2.24) is 15.1 Å². The van der Waals surface area contributed by atoms with Gasteiger partial charge in [-0.05, 0) is 37.3 Å². The minimum Gasteiger partial charge on any atom is -0.351 e. The zero-order valence-electron chi connectivity index (χ0n) is 15.7. The van der Waals surface area contributed by atoms with Gasteiger partial charge in [-0.15, -0.1) is 11.3 Å². The van der Waals surface area contributed by atoms with Gasteiger partial charge in [0.25, 0.3) is 5.91 Å². The molecule has 0 atom stereocenters. The Kier molecular flexibility index (Phi) is 6.49. The molecule has 2 aromatic rings. The van der Waals surface area contributed by atoms with Crippen molar-refractivity contribution in [3.8, 4) is 0 Å². The van der Waals surface area contributed by atoms with E-state index in [1.165, 1.54) is 24.2 Å². The summed E-state index contributed by atoms with van der Waals surface area (Å²) in [6.07, 6.45) is 12.2. The maximum atomic E-state index is 12.8. The van der Waals surface area contributed by atoms with Crippen LogP contribution in [0.5, 0.6) is 0 Å². The number of carbonyl (C=O) groups is 2. The molecule has 146 valence electrons. The first kappa shape index (κ1) is 19.4. The molecule has 2 aromatic heterocycles. The van der Waals surface area contributed by atoms with Gasteiger partial charge in [-0.1, -0.05) is 25.7 Å². The molecule has 1 aliphatic rings. The van der Waals surface area contributed by atoms with Crippen LogP contribution in [-0.4, -0.2) is 27.8 Å². The molecule has 0 spiro atoms. The number of thiophene rings is 1. The van der Waals surface area contributed by atoms with Crippen molar-refractivity contribution < 1.29 is 9.59 Å². The SMILES string of the molecule is Cn1cc(CCc2cc(NC(N)=O)c(C(=O)NC3CCCCCC3)s2)cn1. The number of primary amides is 1. The zero-order valence-corrected chi connectivity index (χ0v) is 16.5. The van der Waals surface area contributed by atoms with E-state index in [1.54, 1.807) is 4.68 Å². The molecule has 7 nitrogen and oxygen atoms in total. The Morgan fingerprint density at radius 2 is 2.00 bits per heavy atom. The van der Waals surface area contributed by atoms with E-state index in [1.807, 2.05) is 25.5 Å². The van der Waals surface area contributed by atoms with E-state index in [4.69, 9.17) is 5.73 Å². The van der Waals surface area contributed by atoms with Crippen LogP contribution in [0.4, 0.5) is 10.5 Å². The molecular weight excluding hydrogens is 362 g/mol. The Bertz CT molecular complexity index is 790. The quantitative estimate of drug-likeness (QED) is 0.661. The van der Waals surface area contributed by atoms with Gasteiger partial charge < -0.3 is 16.4 Å². The first-order valence-corrected chi connectivity index (χ1v) is 10.3. The first-order valence-electron chi connectivity index (χ1n) is 9.49. The number of carbonyl (C=O) groups excluding carboxylic acids is 2. The van der Waals surface area contributed by atoms with Crippen LogP contribution in [0.1, 0.15) is 58.6 Å². The van der Waals surface area contributed by atoms with Gasteiger partial charge in [0.2, 0.25) is 0 Å². The average Bonchev–Trinajstić information content (AvgIpc) is 3.11. The molecule has 2 heterocycles. The minimum absolute atomic E-state index is 0.122. The van der Waals surface area contributed by atoms with Gasteiger partial charge in [-0.3, -0.25) is 9.48 Å². The highest BCUT2D eigenvalue weighted by Crippen LogP contribution is 2.29. The van der Waals surface area contributed by atoms with Crippen molar-refractivity contribution in [2.45, 2.75) is 57.4 Å². The number of nitrogens with zero attached hydrogens (tertiary/aromatic N) is 2. The van der Waals surface area contributed by atoms with E-state index in [-0.39, 0.29) is 11.9 Å². The topological polar surface area (TPSA) is 102 Å². The highest BCUT2D eigenvalue weighted by atomic mass is 32.1. The maximum Gasteiger partial charge on any atom is 0.316 e. The second-order valence-corrected chi connectivity index (χ2v) is 8.27. The number of aryl methyl sites for hydroxylation is 3. The van der Waals surface area contributed by atoms with Crippen molar-refractivity contribution in [2.75, 3.05) is 5.32 Å². The lowest BCUT2D eigenvalue weighted by Crippen LogP contribution is -2.34. The molecule has 0 bridgehead atoms. The Morgan fingerprint density at radius 1 is 1.26 bits per heavy atom. The number of urea groups is 1. The van der Waals surface area contributed by atoms with Crippen LogP contribution in [0.15, 0.2) is 18.5 Å². The number of rotatable bonds is 6. The highest BCUT2D eigenvalue weighted by molar-refractivity contribution is 7.14. The van der Waals surface area contributed by atoms with Gasteiger partial charge in [-0.25, -0.2) is 4.79 Å². The summed E-state index contributed by atoms with van der Waals surface area (Å²) in [4.78, 5) is 25.7. The van der Waals surface area contributed by atoms with Gasteiger partial charge in [0, 0.05) is 24.2 Å². The molecule has 0 saturated heterocycles. The standard InChI is InChI=1S/C19H27N5O2S/c1-24-12-13(11-21-24)8-9-15-10-16(23-19(20)26)17(27-15)18(25)22-14-6-4-2-3-5-7-14/h10-12,14H,2-9H2,1H3,(H,22,25)(H3,20,23,26). The minimum atomic E-state index is -0.657. The zero-order chi connectivity index (χ0) is 19.2. The number of hydrogen-bond acceptors (Lipinski definition) is 4. The number of nitrogens with two attached hydrogens (primary N) is 1. The lowest BCUT2D eigenvalue weighted by molar-refractivity contribution is 0.0938. The predicted octanol–water partition coefficient (Wildman–Crippen LogP) is 3.21. The van der Waals surface area contributed by atoms with E-state index in [0.29, 0.717) is 10.6 Å². The van der Waals surface area contributed by atoms with Crippen LogP contribution < -0.4 is 16.4 Å². The Hall–Kier alpha value is -2.35. The molecule has 0 aliphatic heterocycles. The predicted molar refractivity (Wildman–Crippen MR) is 107 cm³/mol. The number of amides is 3. The average molecular weight is 390 g/mol. The molecule has 0 aromatic carbocycles. The number of aromatic nitrogens is 2. The van der Waals surface area contributed by atoms with E-state index >= 15 is 0 Å². The third kappa shape index (κ3) is 5.56. The van der Waals surface area contributed by atoms with Crippen molar-refractivity contribution >= 4 is 29.0 Å². The fraction of sp³-hybridized carbons (Fsp3) is 0.526. The summed E-state index contributed by atoms with van der Waals surface area (Å²) in [5.41, 5.74) is 6.93. The highest BCUT2D eigenvalue weighted by Gasteiger charge is 2.21. The Labute approximate surface area is 163 Å². The van der Waals surface area contributed by atoms with Crippen LogP contribution in [0.25, 0.3) is 0 Å². The maximum absolute atomic E-state index is 12.8. The first-order chi connectivity index (χ1) is 13.0. The molecule has 1 fully saturated rings. The molecule has 3 amide bonds. The number of hydrogen-bond donors (Lipinski definition) is 3. The van der Waals surface area contributed by atoms with Crippen molar-refractivity contribution in [3.05, 3.63) is 33.8 Å². The molecule has 8 heteroatoms. The van der Waals surface area contributed by atoms with Crippen LogP contribution >= 0.6 is 11.3 Å². The van der Waals surface area contributed by atoms with E-state index in [9.17, 15) is 9.59 Å². The summed E-state index contributed by atoms with van der Waals surface area (Å²) < 4.78 is 1.77. The third-order valence-corrected chi connectivity index (χ3v) is 6.05. The molecule has 1 aliphatic carbocycles. The number of nitrogens with one attached hydrogen (secondary N) is 2. The summed E-state index contributed by atoms with van der Waals surface area (Å²) in [5, 5.41) is 9.92. The van der Waals surface area contributed by atoms with Gasteiger partial charge >= 0.3 is 6.03 Å². The van der Waals surface area contributed by atoms with Crippen LogP contribution in [0.2, 0.25) is 0 Å². The second-order valence-electron chi connectivity index (χ2n) is 7.13. The van der Waals surface area contributed by atoms with E-state index < -0.39 is 6.03 Å². The molecular formula is C19H27N5O2S. The fourth-order valence-electron chi connectivity index (χ4n) is 3.50. The molecule has 0 unspecified atom stereocenters. The van der Waals surface area contributed by atoms with Gasteiger partial charge in [-0.2, -0.15) is 5.10 Å². The normalized spacial score (nSPS) is 15.3. The fourth-order valence-corrected chi connectivity index (χ4v) is 4.52. The monoisotopic (exact) mass is 389 g/mol. The van der Waals surface area contributed by atoms with Crippen LogP contribution in [0.3, 0.4) is 0 Å². The lowest BCUT2D eigenvalue weighted by Gasteiger charge is -2.16. The smallest absolute Gasteiger partial charge is 0.316 e. The summed E-state index contributed by atoms with van der Waals surface area (Å²) in [6.45, 7) is 0. The van der Waals surface area contributed by atoms with Gasteiger partial charge in [0.1, 0.15) is 4.88 Å².